The third-order valence-electron chi connectivity index (χ3n) is 8.00. The van der Waals surface area contributed by atoms with E-state index in [1.165, 1.54) is 0 Å². The van der Waals surface area contributed by atoms with Crippen molar-refractivity contribution in [3.63, 3.8) is 0 Å². The number of aliphatic hydroxyl groups excluding tert-OH is 2. The van der Waals surface area contributed by atoms with Gasteiger partial charge in [-0.25, -0.2) is 9.59 Å². The average molecular weight is 480 g/mol. The number of rotatable bonds is 8. The molecule has 1 heterocycles. The number of hydrogen-bond donors (Lipinski definition) is 2. The second-order valence-corrected chi connectivity index (χ2v) is 9.87. The zero-order chi connectivity index (χ0) is 25.1. The van der Waals surface area contributed by atoms with Gasteiger partial charge in [0.2, 0.25) is 0 Å². The van der Waals surface area contributed by atoms with Gasteiger partial charge in [0, 0.05) is 11.5 Å². The molecule has 3 aliphatic rings. The highest BCUT2D eigenvalue weighted by atomic mass is 16.9. The van der Waals surface area contributed by atoms with E-state index in [0.717, 1.165) is 37.0 Å². The molecule has 2 aliphatic carbocycles. The van der Waals surface area contributed by atoms with Gasteiger partial charge in [0.15, 0.2) is 6.10 Å². The van der Waals surface area contributed by atoms with Crippen LogP contribution in [0.1, 0.15) is 46.0 Å². The number of nitrogens with zero attached hydrogens (tertiary/aromatic N) is 1. The Hall–Kier alpha value is -2.72. The van der Waals surface area contributed by atoms with Gasteiger partial charge >= 0.3 is 11.9 Å². The first-order chi connectivity index (χ1) is 16.0. The lowest BCUT2D eigenvalue weighted by molar-refractivity contribution is -0.755. The van der Waals surface area contributed by atoms with E-state index in [2.05, 4.69) is 18.3 Å². The first-order valence-corrected chi connectivity index (χ1v) is 11.5. The van der Waals surface area contributed by atoms with Crippen molar-refractivity contribution in [1.29, 1.82) is 0 Å². The first-order valence-electron chi connectivity index (χ1n) is 11.5. The number of cyclic esters (lactones) is 1. The van der Waals surface area contributed by atoms with Crippen LogP contribution in [0, 0.1) is 32.8 Å². The van der Waals surface area contributed by atoms with Crippen LogP contribution in [0.2, 0.25) is 0 Å². The number of allylic oxidation sites excluding steroid dienone is 2. The molecule has 0 aromatic carbocycles. The average Bonchev–Trinajstić information content (AvgIpc) is 3.12. The predicted octanol–water partition coefficient (Wildman–Crippen LogP) is 2.28. The van der Waals surface area contributed by atoms with E-state index in [0.29, 0.717) is 12.8 Å². The lowest BCUT2D eigenvalue weighted by Gasteiger charge is -2.59. The highest BCUT2D eigenvalue weighted by Gasteiger charge is 2.57. The Morgan fingerprint density at radius 1 is 1.38 bits per heavy atom. The van der Waals surface area contributed by atoms with Gasteiger partial charge in [-0.3, -0.25) is 0 Å². The van der Waals surface area contributed by atoms with Crippen molar-refractivity contribution in [1.82, 2.24) is 0 Å². The molecule has 0 aromatic rings. The monoisotopic (exact) mass is 479 g/mol. The number of carbonyl (C=O) groups excluding carboxylic acids is 2. The minimum atomic E-state index is -0.972. The summed E-state index contributed by atoms with van der Waals surface area (Å²) >= 11 is 0. The minimum absolute atomic E-state index is 0.0287. The molecule has 2 N–H and O–H groups in total. The number of carbonyl (C=O) groups is 2. The van der Waals surface area contributed by atoms with Gasteiger partial charge in [-0.05, 0) is 49.4 Å². The second kappa shape index (κ2) is 10.3. The molecule has 10 nitrogen and oxygen atoms in total. The van der Waals surface area contributed by atoms with Crippen molar-refractivity contribution in [2.75, 3.05) is 19.8 Å². The largest absolute Gasteiger partial charge is 0.458 e. The molecule has 0 aromatic heterocycles. The first kappa shape index (κ1) is 25.9. The van der Waals surface area contributed by atoms with E-state index in [1.807, 2.05) is 6.92 Å². The molecule has 0 bridgehead atoms. The van der Waals surface area contributed by atoms with Gasteiger partial charge in [-0.2, -0.15) is 0 Å². The van der Waals surface area contributed by atoms with Crippen molar-refractivity contribution in [3.8, 4) is 0 Å². The fourth-order valence-corrected chi connectivity index (χ4v) is 6.08. The van der Waals surface area contributed by atoms with Crippen LogP contribution < -0.4 is 0 Å². The molecule has 1 saturated heterocycles. The van der Waals surface area contributed by atoms with Crippen LogP contribution in [0.3, 0.4) is 0 Å². The Balaban J connectivity index is 1.74. The molecular weight excluding hydrogens is 446 g/mol. The van der Waals surface area contributed by atoms with Crippen LogP contribution in [-0.2, 0) is 23.9 Å². The number of hydrogen-bond acceptors (Lipinski definition) is 9. The van der Waals surface area contributed by atoms with E-state index in [4.69, 9.17) is 9.47 Å². The number of ether oxygens (including phenoxy) is 2. The number of fused-ring (bicyclic) bond motifs is 1. The van der Waals surface area contributed by atoms with Crippen LogP contribution in [0.15, 0.2) is 36.0 Å². The summed E-state index contributed by atoms with van der Waals surface area (Å²) in [6, 6.07) is 0. The van der Waals surface area contributed by atoms with E-state index in [-0.39, 0.29) is 36.0 Å². The third-order valence-corrected chi connectivity index (χ3v) is 8.00. The van der Waals surface area contributed by atoms with Gasteiger partial charge in [-0.1, -0.05) is 38.2 Å². The SMILES string of the molecule is C=C1CC[C@@H]2[C@](C)(CO)[C@H](O)CC[C@@]2(C)[C@@H]1C/C=C1/C(=O)OC[C@H]1OC(=O)/C=C/CO[N+](=O)[O-]. The highest BCUT2D eigenvalue weighted by molar-refractivity contribution is 5.93. The summed E-state index contributed by atoms with van der Waals surface area (Å²) in [6.45, 7) is 7.81. The molecule has 2 saturated carbocycles. The van der Waals surface area contributed by atoms with Gasteiger partial charge < -0.3 is 24.5 Å². The van der Waals surface area contributed by atoms with E-state index >= 15 is 0 Å². The van der Waals surface area contributed by atoms with Crippen molar-refractivity contribution < 1.29 is 39.2 Å². The number of esters is 2. The zero-order valence-corrected chi connectivity index (χ0v) is 19.6. The maximum absolute atomic E-state index is 12.3. The lowest BCUT2D eigenvalue weighted by atomic mass is 9.46. The summed E-state index contributed by atoms with van der Waals surface area (Å²) in [7, 11) is 0. The van der Waals surface area contributed by atoms with E-state index in [9.17, 15) is 29.9 Å². The highest BCUT2D eigenvalue weighted by Crippen LogP contribution is 2.61. The summed E-state index contributed by atoms with van der Waals surface area (Å²) in [5.41, 5.74) is 0.509. The van der Waals surface area contributed by atoms with Gasteiger partial charge in [0.05, 0.1) is 18.3 Å². The molecule has 10 heteroatoms. The van der Waals surface area contributed by atoms with Gasteiger partial charge in [-0.15, -0.1) is 10.1 Å². The summed E-state index contributed by atoms with van der Waals surface area (Å²) in [5.74, 6) is -1.20. The van der Waals surface area contributed by atoms with Crippen molar-refractivity contribution in [2.24, 2.45) is 22.7 Å². The topological polar surface area (TPSA) is 145 Å². The Labute approximate surface area is 198 Å². The Morgan fingerprint density at radius 3 is 2.79 bits per heavy atom. The molecule has 0 spiro atoms. The molecular formula is C24H33NO9. The Kier molecular flexibility index (Phi) is 7.82. The Bertz CT molecular complexity index is 897. The third kappa shape index (κ3) is 5.02. The van der Waals surface area contributed by atoms with Gasteiger partial charge in [0.1, 0.15) is 13.2 Å². The van der Waals surface area contributed by atoms with E-state index in [1.54, 1.807) is 6.08 Å². The standard InChI is InChI=1S/C24H33NO9/c1-15-6-9-19-23(2,11-10-20(27)24(19,3)14-26)17(15)8-7-16-18(13-32-22(16)29)34-21(28)5-4-12-33-25(30)31/h4-5,7,17-20,26-27H,1,6,8-14H2,2-3H3/b5-4+,16-7+/t17-,18-,19+,20-,23+,24+/m1/s1. The van der Waals surface area contributed by atoms with Crippen molar-refractivity contribution >= 4 is 11.9 Å². The molecule has 0 unspecified atom stereocenters. The Morgan fingerprint density at radius 2 is 2.12 bits per heavy atom. The summed E-state index contributed by atoms with van der Waals surface area (Å²) < 4.78 is 10.4. The second-order valence-electron chi connectivity index (χ2n) is 9.87. The van der Waals surface area contributed by atoms with Crippen molar-refractivity contribution in [3.05, 3.63) is 46.1 Å². The molecule has 0 amide bonds. The summed E-state index contributed by atoms with van der Waals surface area (Å²) in [6.07, 6.45) is 5.92. The molecule has 3 rings (SSSR count). The molecule has 34 heavy (non-hydrogen) atoms. The quantitative estimate of drug-likeness (QED) is 0.176. The van der Waals surface area contributed by atoms with Crippen LogP contribution in [0.25, 0.3) is 0 Å². The molecule has 3 fully saturated rings. The van der Waals surface area contributed by atoms with Gasteiger partial charge in [0.25, 0.3) is 5.09 Å². The van der Waals surface area contributed by atoms with Crippen molar-refractivity contribution in [2.45, 2.75) is 58.2 Å². The molecule has 0 radical (unpaired) electrons. The summed E-state index contributed by atoms with van der Waals surface area (Å²) in [4.78, 5) is 38.6. The minimum Gasteiger partial charge on any atom is -0.458 e. The van der Waals surface area contributed by atoms with E-state index < -0.39 is 41.3 Å². The summed E-state index contributed by atoms with van der Waals surface area (Å²) in [5, 5.41) is 30.0. The number of aliphatic hydroxyl groups is 2. The molecule has 6 atom stereocenters. The smallest absolute Gasteiger partial charge is 0.337 e. The molecule has 1 aliphatic heterocycles. The van der Waals surface area contributed by atoms with Crippen LogP contribution in [-0.4, -0.2) is 59.3 Å². The zero-order valence-electron chi connectivity index (χ0n) is 19.6. The van der Waals surface area contributed by atoms with Crippen LogP contribution in [0.4, 0.5) is 0 Å². The van der Waals surface area contributed by atoms with Crippen LogP contribution in [0.5, 0.6) is 0 Å². The fraction of sp³-hybridized carbons (Fsp3) is 0.667. The van der Waals surface area contributed by atoms with Crippen LogP contribution >= 0.6 is 0 Å². The maximum Gasteiger partial charge on any atom is 0.337 e. The maximum atomic E-state index is 12.3. The lowest BCUT2D eigenvalue weighted by Crippen LogP contribution is -2.57. The predicted molar refractivity (Wildman–Crippen MR) is 120 cm³/mol. The fourth-order valence-electron chi connectivity index (χ4n) is 6.08. The molecule has 188 valence electrons. The normalized spacial score (nSPS) is 36.9.